The summed E-state index contributed by atoms with van der Waals surface area (Å²) in [4.78, 5) is 30.9. The molecule has 0 unspecified atom stereocenters. The molecule has 1 saturated heterocycles. The molecule has 8 heteroatoms. The number of ether oxygens (including phenoxy) is 1. The van der Waals surface area contributed by atoms with Gasteiger partial charge in [0.25, 0.3) is 11.5 Å². The van der Waals surface area contributed by atoms with Crippen molar-refractivity contribution in [3.05, 3.63) is 63.2 Å². The van der Waals surface area contributed by atoms with E-state index in [1.807, 2.05) is 25.1 Å². The van der Waals surface area contributed by atoms with E-state index in [9.17, 15) is 14.0 Å². The lowest BCUT2D eigenvalue weighted by Gasteiger charge is -2.33. The number of likely N-dealkylation sites (tertiary alicyclic amines) is 1. The number of aromatic nitrogens is 2. The number of aromatic amines is 1. The second kappa shape index (κ2) is 9.73. The number of aryl methyl sites for hydroxylation is 1. The van der Waals surface area contributed by atoms with Crippen LogP contribution in [0.25, 0.3) is 10.9 Å². The molecule has 2 fully saturated rings. The number of piperidine rings is 1. The van der Waals surface area contributed by atoms with E-state index in [1.165, 1.54) is 7.11 Å². The van der Waals surface area contributed by atoms with E-state index in [-0.39, 0.29) is 18.0 Å². The van der Waals surface area contributed by atoms with Crippen LogP contribution in [0, 0.1) is 19.8 Å². The minimum atomic E-state index is -0.935. The maximum Gasteiger partial charge on any atom is 0.256 e. The molecule has 1 aromatic carbocycles. The van der Waals surface area contributed by atoms with Gasteiger partial charge in [-0.3, -0.25) is 9.59 Å². The number of nitrogens with zero attached hydrogens (tertiary/aromatic N) is 2. The fraction of sp³-hybridized carbons (Fsp3) is 0.500. The predicted octanol–water partition coefficient (Wildman–Crippen LogP) is 4.10. The lowest BCUT2D eigenvalue weighted by atomic mass is 9.96. The second-order valence-corrected chi connectivity index (χ2v) is 10.5. The van der Waals surface area contributed by atoms with Crippen LogP contribution >= 0.6 is 0 Å². The molecule has 1 aliphatic heterocycles. The highest BCUT2D eigenvalue weighted by atomic mass is 19.1. The number of amides is 1. The number of carbonyl (C=O) groups is 1. The highest BCUT2D eigenvalue weighted by Gasteiger charge is 2.44. The van der Waals surface area contributed by atoms with Crippen LogP contribution in [-0.4, -0.2) is 52.8 Å². The first-order valence-electron chi connectivity index (χ1n) is 12.8. The van der Waals surface area contributed by atoms with Gasteiger partial charge in [0.2, 0.25) is 0 Å². The zero-order valence-corrected chi connectivity index (χ0v) is 21.3. The number of para-hydroxylation sites is 1. The fourth-order valence-corrected chi connectivity index (χ4v) is 5.53. The molecule has 3 heterocycles. The number of H-pyrrole nitrogens is 1. The number of halogens is 1. The van der Waals surface area contributed by atoms with Crippen molar-refractivity contribution in [2.45, 2.75) is 58.3 Å². The van der Waals surface area contributed by atoms with Crippen molar-refractivity contribution in [1.29, 1.82) is 0 Å². The second-order valence-electron chi connectivity index (χ2n) is 10.5. The molecule has 1 amide bonds. The third-order valence-electron chi connectivity index (χ3n) is 7.78. The predicted molar refractivity (Wildman–Crippen MR) is 138 cm³/mol. The summed E-state index contributed by atoms with van der Waals surface area (Å²) in [7, 11) is 1.52. The summed E-state index contributed by atoms with van der Waals surface area (Å²) in [5.74, 6) is 0.733. The van der Waals surface area contributed by atoms with Crippen LogP contribution < -0.4 is 15.6 Å². The molecule has 0 radical (unpaired) electrons. The number of nitrogens with one attached hydrogen (secondary N) is 2. The summed E-state index contributed by atoms with van der Waals surface area (Å²) in [6.07, 6.45) is 3.47. The van der Waals surface area contributed by atoms with Gasteiger partial charge in [0.15, 0.2) is 0 Å². The molecule has 2 aliphatic rings. The van der Waals surface area contributed by atoms with Gasteiger partial charge in [0, 0.05) is 35.4 Å². The number of methoxy groups -OCH3 is 1. The third-order valence-corrected chi connectivity index (χ3v) is 7.78. The molecule has 3 aromatic rings. The Morgan fingerprint density at radius 1 is 1.22 bits per heavy atom. The maximum absolute atomic E-state index is 14.2. The highest BCUT2D eigenvalue weighted by molar-refractivity contribution is 6.08. The van der Waals surface area contributed by atoms with Gasteiger partial charge in [0.1, 0.15) is 11.4 Å². The zero-order valence-electron chi connectivity index (χ0n) is 21.3. The minimum absolute atomic E-state index is 0.0745. The minimum Gasteiger partial charge on any atom is -0.496 e. The Labute approximate surface area is 210 Å². The maximum atomic E-state index is 14.2. The van der Waals surface area contributed by atoms with Crippen molar-refractivity contribution in [1.82, 2.24) is 19.8 Å². The van der Waals surface area contributed by atoms with E-state index in [0.717, 1.165) is 49.1 Å². The van der Waals surface area contributed by atoms with E-state index < -0.39 is 5.67 Å². The molecule has 0 atom stereocenters. The first kappa shape index (κ1) is 24.6. The van der Waals surface area contributed by atoms with Gasteiger partial charge in [0.05, 0.1) is 24.8 Å². The molecule has 192 valence electrons. The number of hydrogen-bond donors (Lipinski definition) is 2. The average Bonchev–Trinajstić information content (AvgIpc) is 3.52. The van der Waals surface area contributed by atoms with Crippen LogP contribution in [0.2, 0.25) is 0 Å². The highest BCUT2D eigenvalue weighted by Crippen LogP contribution is 2.41. The van der Waals surface area contributed by atoms with Gasteiger partial charge in [-0.15, -0.1) is 0 Å². The number of hydrogen-bond acceptors (Lipinski definition) is 4. The number of rotatable bonds is 8. The van der Waals surface area contributed by atoms with Gasteiger partial charge < -0.3 is 24.5 Å². The molecule has 0 bridgehead atoms. The van der Waals surface area contributed by atoms with Crippen molar-refractivity contribution in [3.63, 3.8) is 0 Å². The Kier molecular flexibility index (Phi) is 6.64. The summed E-state index contributed by atoms with van der Waals surface area (Å²) < 4.78 is 21.8. The smallest absolute Gasteiger partial charge is 0.256 e. The van der Waals surface area contributed by atoms with Crippen LogP contribution in [-0.2, 0) is 13.1 Å². The van der Waals surface area contributed by atoms with Crippen LogP contribution in [0.1, 0.15) is 53.0 Å². The lowest BCUT2D eigenvalue weighted by molar-refractivity contribution is 0.0951. The van der Waals surface area contributed by atoms with Gasteiger partial charge in [-0.05, 0) is 70.7 Å². The Morgan fingerprint density at radius 3 is 2.64 bits per heavy atom. The van der Waals surface area contributed by atoms with E-state index in [1.54, 1.807) is 13.0 Å². The lowest BCUT2D eigenvalue weighted by Crippen LogP contribution is -2.39. The molecule has 7 nitrogen and oxygen atoms in total. The van der Waals surface area contributed by atoms with E-state index >= 15 is 0 Å². The van der Waals surface area contributed by atoms with Crippen LogP contribution in [0.3, 0.4) is 0 Å². The number of carbonyl (C=O) groups excluding carboxylic acids is 1. The topological polar surface area (TPSA) is 79.4 Å². The molecular weight excluding hydrogens is 459 g/mol. The summed E-state index contributed by atoms with van der Waals surface area (Å²) in [5, 5.41) is 3.84. The SMILES string of the molecule is COc1cc(C)[nH]c(=O)c1CNC(=O)c1c(C)n(CC2CCN(CC3(F)CC3)CC2)c2ccccc12. The standard InChI is InChI=1S/C28H35FN4O3/c1-18-14-24(36-3)22(26(34)31-18)15-30-27(35)25-19(2)33(23-7-5-4-6-21(23)25)16-20-8-12-32(13-9-20)17-28(29)10-11-28/h4-7,14,20H,8-13,15-17H2,1-3H3,(H,30,35)(H,31,34). The van der Waals surface area contributed by atoms with Crippen molar-refractivity contribution < 1.29 is 13.9 Å². The van der Waals surface area contributed by atoms with Crippen molar-refractivity contribution in [3.8, 4) is 5.75 Å². The van der Waals surface area contributed by atoms with E-state index in [0.29, 0.717) is 47.9 Å². The Morgan fingerprint density at radius 2 is 1.94 bits per heavy atom. The third kappa shape index (κ3) is 4.91. The normalized spacial score (nSPS) is 17.9. The van der Waals surface area contributed by atoms with E-state index in [4.69, 9.17) is 4.74 Å². The van der Waals surface area contributed by atoms with Gasteiger partial charge in [-0.2, -0.15) is 0 Å². The molecule has 1 aliphatic carbocycles. The number of alkyl halides is 1. The molecular formula is C28H35FN4O3. The summed E-state index contributed by atoms with van der Waals surface area (Å²) in [5.41, 5.74) is 2.49. The van der Waals surface area contributed by atoms with Gasteiger partial charge in [-0.25, -0.2) is 4.39 Å². The fourth-order valence-electron chi connectivity index (χ4n) is 5.53. The van der Waals surface area contributed by atoms with E-state index in [2.05, 4.69) is 25.8 Å². The van der Waals surface area contributed by atoms with Crippen LogP contribution in [0.15, 0.2) is 35.1 Å². The largest absolute Gasteiger partial charge is 0.496 e. The Bertz CT molecular complexity index is 1330. The molecule has 0 spiro atoms. The summed E-state index contributed by atoms with van der Waals surface area (Å²) in [6, 6.07) is 9.73. The first-order valence-corrected chi connectivity index (χ1v) is 12.8. The van der Waals surface area contributed by atoms with Gasteiger partial charge in [-0.1, -0.05) is 18.2 Å². The number of benzene rings is 1. The Hall–Kier alpha value is -3.13. The monoisotopic (exact) mass is 494 g/mol. The molecule has 5 rings (SSSR count). The molecule has 2 N–H and O–H groups in total. The van der Waals surface area contributed by atoms with Crippen LogP contribution in [0.5, 0.6) is 5.75 Å². The number of fused-ring (bicyclic) bond motifs is 1. The Balaban J connectivity index is 1.33. The molecule has 1 saturated carbocycles. The summed E-state index contributed by atoms with van der Waals surface area (Å²) in [6.45, 7) is 7.11. The van der Waals surface area contributed by atoms with Gasteiger partial charge >= 0.3 is 0 Å². The number of pyridine rings is 1. The quantitative estimate of drug-likeness (QED) is 0.494. The summed E-state index contributed by atoms with van der Waals surface area (Å²) >= 11 is 0. The average molecular weight is 495 g/mol. The molecule has 2 aromatic heterocycles. The van der Waals surface area contributed by atoms with Crippen LogP contribution in [0.4, 0.5) is 4.39 Å². The van der Waals surface area contributed by atoms with Crippen molar-refractivity contribution in [2.24, 2.45) is 5.92 Å². The first-order chi connectivity index (χ1) is 17.3. The van der Waals surface area contributed by atoms with Crippen molar-refractivity contribution >= 4 is 16.8 Å². The zero-order chi connectivity index (χ0) is 25.4. The van der Waals surface area contributed by atoms with Crippen molar-refractivity contribution in [2.75, 3.05) is 26.7 Å². The molecule has 36 heavy (non-hydrogen) atoms.